The Morgan fingerprint density at radius 1 is 1.22 bits per heavy atom. The highest BCUT2D eigenvalue weighted by Gasteiger charge is 2.39. The number of hydrogen-bond donors (Lipinski definition) is 4. The fourth-order valence-electron chi connectivity index (χ4n) is 3.10. The molecule has 23 heavy (non-hydrogen) atoms. The molecule has 0 heterocycles. The molecule has 0 spiro atoms. The van der Waals surface area contributed by atoms with Crippen molar-refractivity contribution >= 4 is 5.97 Å². The summed E-state index contributed by atoms with van der Waals surface area (Å²) in [7, 11) is 0. The van der Waals surface area contributed by atoms with Crippen LogP contribution in [0.2, 0.25) is 0 Å². The molecule has 1 aliphatic carbocycles. The summed E-state index contributed by atoms with van der Waals surface area (Å²) in [4.78, 5) is 10.5. The van der Waals surface area contributed by atoms with E-state index in [0.29, 0.717) is 19.3 Å². The van der Waals surface area contributed by atoms with E-state index in [1.165, 1.54) is 0 Å². The van der Waals surface area contributed by atoms with Crippen LogP contribution < -0.4 is 0 Å². The molecule has 0 aromatic rings. The first-order valence-corrected chi connectivity index (χ1v) is 8.55. The van der Waals surface area contributed by atoms with Gasteiger partial charge < -0.3 is 20.4 Å². The molecule has 5 atom stereocenters. The second kappa shape index (κ2) is 10.6. The summed E-state index contributed by atoms with van der Waals surface area (Å²) < 4.78 is 0. The molecule has 132 valence electrons. The standard InChI is InChI=1S/C18H30O5/c1-2-3-4-7-13(19)10-11-15-14(16(20)12-17(15)21)8-5-6-9-18(22)23/h5-6,10-11,13-17,19-21H,2-4,7-9,12H2,1H3,(H,22,23)/b6-5+,11-10+. The van der Waals surface area contributed by atoms with Crippen molar-refractivity contribution < 1.29 is 25.2 Å². The average Bonchev–Trinajstić information content (AvgIpc) is 2.75. The second-order valence-electron chi connectivity index (χ2n) is 6.36. The minimum absolute atomic E-state index is 0.0397. The van der Waals surface area contributed by atoms with E-state index in [9.17, 15) is 20.1 Å². The first-order chi connectivity index (χ1) is 11.0. The van der Waals surface area contributed by atoms with E-state index in [1.807, 2.05) is 6.08 Å². The van der Waals surface area contributed by atoms with Crippen LogP contribution in [-0.4, -0.2) is 44.7 Å². The molecule has 1 saturated carbocycles. The van der Waals surface area contributed by atoms with Gasteiger partial charge >= 0.3 is 5.97 Å². The quantitative estimate of drug-likeness (QED) is 0.365. The third kappa shape index (κ3) is 7.29. The number of hydrogen-bond acceptors (Lipinski definition) is 4. The van der Waals surface area contributed by atoms with Crippen LogP contribution >= 0.6 is 0 Å². The van der Waals surface area contributed by atoms with E-state index in [1.54, 1.807) is 18.2 Å². The fourth-order valence-corrected chi connectivity index (χ4v) is 3.10. The van der Waals surface area contributed by atoms with Crippen molar-refractivity contribution in [1.29, 1.82) is 0 Å². The van der Waals surface area contributed by atoms with Crippen LogP contribution in [0, 0.1) is 11.8 Å². The zero-order valence-electron chi connectivity index (χ0n) is 13.8. The van der Waals surface area contributed by atoms with Gasteiger partial charge in [-0.05, 0) is 18.8 Å². The first kappa shape index (κ1) is 19.9. The van der Waals surface area contributed by atoms with E-state index in [-0.39, 0.29) is 18.3 Å². The van der Waals surface area contributed by atoms with E-state index >= 15 is 0 Å². The SMILES string of the molecule is CCCCCC(O)/C=C/C1C(O)CC(O)C1C/C=C/CC(=O)O. The van der Waals surface area contributed by atoms with Crippen LogP contribution in [0.5, 0.6) is 0 Å². The zero-order valence-corrected chi connectivity index (χ0v) is 13.8. The van der Waals surface area contributed by atoms with Crippen LogP contribution in [0.1, 0.15) is 51.9 Å². The number of aliphatic hydroxyl groups excluding tert-OH is 3. The van der Waals surface area contributed by atoms with Crippen molar-refractivity contribution in [2.75, 3.05) is 0 Å². The van der Waals surface area contributed by atoms with E-state index in [2.05, 4.69) is 6.92 Å². The highest BCUT2D eigenvalue weighted by atomic mass is 16.4. The molecule has 5 nitrogen and oxygen atoms in total. The summed E-state index contributed by atoms with van der Waals surface area (Å²) in [6.07, 6.45) is 9.77. The number of unbranched alkanes of at least 4 members (excludes halogenated alkanes) is 2. The Bertz CT molecular complexity index is 404. The average molecular weight is 326 g/mol. The van der Waals surface area contributed by atoms with Gasteiger partial charge in [0.2, 0.25) is 0 Å². The summed E-state index contributed by atoms with van der Waals surface area (Å²) in [6, 6.07) is 0. The first-order valence-electron chi connectivity index (χ1n) is 8.55. The monoisotopic (exact) mass is 326 g/mol. The summed E-state index contributed by atoms with van der Waals surface area (Å²) in [5.74, 6) is -1.24. The molecule has 1 rings (SSSR count). The molecule has 4 N–H and O–H groups in total. The number of carboxylic acids is 1. The van der Waals surface area contributed by atoms with Gasteiger partial charge in [-0.15, -0.1) is 0 Å². The minimum Gasteiger partial charge on any atom is -0.481 e. The Morgan fingerprint density at radius 2 is 1.96 bits per heavy atom. The Hall–Kier alpha value is -1.17. The van der Waals surface area contributed by atoms with Crippen LogP contribution in [0.15, 0.2) is 24.3 Å². The maximum absolute atomic E-state index is 10.5. The van der Waals surface area contributed by atoms with Crippen LogP contribution in [-0.2, 0) is 4.79 Å². The van der Waals surface area contributed by atoms with Crippen molar-refractivity contribution in [3.8, 4) is 0 Å². The molecule has 5 unspecified atom stereocenters. The zero-order chi connectivity index (χ0) is 17.2. The molecule has 0 radical (unpaired) electrons. The fraction of sp³-hybridized carbons (Fsp3) is 0.722. The summed E-state index contributed by atoms with van der Waals surface area (Å²) in [6.45, 7) is 2.11. The van der Waals surface area contributed by atoms with Gasteiger partial charge in [-0.1, -0.05) is 50.5 Å². The number of aliphatic hydroxyl groups is 3. The molecule has 0 aromatic carbocycles. The lowest BCUT2D eigenvalue weighted by molar-refractivity contribution is -0.136. The van der Waals surface area contributed by atoms with Crippen LogP contribution in [0.25, 0.3) is 0 Å². The van der Waals surface area contributed by atoms with Gasteiger partial charge in [-0.2, -0.15) is 0 Å². The maximum atomic E-state index is 10.5. The topological polar surface area (TPSA) is 98.0 Å². The number of carbonyl (C=O) groups is 1. The van der Waals surface area contributed by atoms with Gasteiger partial charge in [0.05, 0.1) is 24.7 Å². The third-order valence-electron chi connectivity index (χ3n) is 4.44. The predicted molar refractivity (Wildman–Crippen MR) is 88.9 cm³/mol. The number of allylic oxidation sites excluding steroid dienone is 1. The van der Waals surface area contributed by atoms with Crippen molar-refractivity contribution in [3.63, 3.8) is 0 Å². The minimum atomic E-state index is -0.889. The normalized spacial score (nSPS) is 29.6. The summed E-state index contributed by atoms with van der Waals surface area (Å²) in [5.41, 5.74) is 0. The predicted octanol–water partition coefficient (Wildman–Crippen LogP) is 2.26. The van der Waals surface area contributed by atoms with Crippen LogP contribution in [0.4, 0.5) is 0 Å². The molecular weight excluding hydrogens is 296 g/mol. The molecule has 0 aromatic heterocycles. The van der Waals surface area contributed by atoms with Crippen molar-refractivity contribution in [2.45, 2.75) is 70.2 Å². The molecule has 0 amide bonds. The molecule has 1 fully saturated rings. The van der Waals surface area contributed by atoms with Gasteiger partial charge in [-0.3, -0.25) is 4.79 Å². The lowest BCUT2D eigenvalue weighted by Gasteiger charge is -2.19. The Kier molecular flexibility index (Phi) is 9.14. The molecule has 5 heteroatoms. The maximum Gasteiger partial charge on any atom is 0.307 e. The highest BCUT2D eigenvalue weighted by Crippen LogP contribution is 2.36. The van der Waals surface area contributed by atoms with Gasteiger partial charge in [0, 0.05) is 12.3 Å². The number of rotatable bonds is 10. The van der Waals surface area contributed by atoms with Crippen LogP contribution in [0.3, 0.4) is 0 Å². The molecular formula is C18H30O5. The van der Waals surface area contributed by atoms with Crippen molar-refractivity contribution in [1.82, 2.24) is 0 Å². The lowest BCUT2D eigenvalue weighted by Crippen LogP contribution is -2.20. The Balaban J connectivity index is 2.54. The number of carboxylic acid groups (broad SMARTS) is 1. The van der Waals surface area contributed by atoms with Crippen molar-refractivity contribution in [2.24, 2.45) is 11.8 Å². The van der Waals surface area contributed by atoms with E-state index in [4.69, 9.17) is 5.11 Å². The van der Waals surface area contributed by atoms with Gasteiger partial charge in [0.25, 0.3) is 0 Å². The van der Waals surface area contributed by atoms with Gasteiger partial charge in [0.1, 0.15) is 0 Å². The highest BCUT2D eigenvalue weighted by molar-refractivity contribution is 5.68. The van der Waals surface area contributed by atoms with E-state index in [0.717, 1.165) is 19.3 Å². The largest absolute Gasteiger partial charge is 0.481 e. The smallest absolute Gasteiger partial charge is 0.307 e. The van der Waals surface area contributed by atoms with Crippen molar-refractivity contribution in [3.05, 3.63) is 24.3 Å². The van der Waals surface area contributed by atoms with Gasteiger partial charge in [-0.25, -0.2) is 0 Å². The van der Waals surface area contributed by atoms with E-state index < -0.39 is 24.3 Å². The molecule has 0 bridgehead atoms. The lowest BCUT2D eigenvalue weighted by atomic mass is 9.89. The molecule has 0 saturated heterocycles. The Morgan fingerprint density at radius 3 is 2.61 bits per heavy atom. The summed E-state index contributed by atoms with van der Waals surface area (Å²) >= 11 is 0. The second-order valence-corrected chi connectivity index (χ2v) is 6.36. The molecule has 1 aliphatic rings. The molecule has 0 aliphatic heterocycles. The van der Waals surface area contributed by atoms with Gasteiger partial charge in [0.15, 0.2) is 0 Å². The Labute approximate surface area is 138 Å². The number of aliphatic carboxylic acids is 1. The summed E-state index contributed by atoms with van der Waals surface area (Å²) in [5, 5.41) is 38.7. The third-order valence-corrected chi connectivity index (χ3v) is 4.44.